The Kier molecular flexibility index (Phi) is 5.77. The zero-order valence-electron chi connectivity index (χ0n) is 18.1. The predicted molar refractivity (Wildman–Crippen MR) is 125 cm³/mol. The summed E-state index contributed by atoms with van der Waals surface area (Å²) >= 11 is 1.44. The number of carbonyl (C=O) groups is 3. The van der Waals surface area contributed by atoms with Crippen molar-refractivity contribution < 1.29 is 19.1 Å². The molecule has 3 aliphatic rings. The molecule has 5 rings (SSSR count). The minimum atomic E-state index is -0.645. The molecule has 0 saturated carbocycles. The number of amides is 2. The quantitative estimate of drug-likeness (QED) is 0.528. The van der Waals surface area contributed by atoms with E-state index >= 15 is 0 Å². The van der Waals surface area contributed by atoms with E-state index in [2.05, 4.69) is 21.6 Å². The lowest BCUT2D eigenvalue weighted by Gasteiger charge is -2.33. The molecule has 2 N–H and O–H groups in total. The van der Waals surface area contributed by atoms with Gasteiger partial charge < -0.3 is 20.3 Å². The molecule has 2 aliphatic heterocycles. The third-order valence-corrected chi connectivity index (χ3v) is 7.68. The smallest absolute Gasteiger partial charge is 0.338 e. The van der Waals surface area contributed by atoms with Gasteiger partial charge in [-0.15, -0.1) is 11.3 Å². The largest absolute Gasteiger partial charge is 0.452 e. The highest BCUT2D eigenvalue weighted by Gasteiger charge is 2.36. The van der Waals surface area contributed by atoms with E-state index in [0.29, 0.717) is 16.3 Å². The van der Waals surface area contributed by atoms with Crippen LogP contribution in [0.15, 0.2) is 18.2 Å². The van der Waals surface area contributed by atoms with Gasteiger partial charge in [0.2, 0.25) is 5.91 Å². The molecule has 170 valence electrons. The summed E-state index contributed by atoms with van der Waals surface area (Å²) < 4.78 is 5.21. The van der Waals surface area contributed by atoms with Crippen LogP contribution in [0.1, 0.15) is 58.5 Å². The Morgan fingerprint density at radius 3 is 2.94 bits per heavy atom. The van der Waals surface area contributed by atoms with Gasteiger partial charge in [-0.3, -0.25) is 9.59 Å². The molecule has 1 saturated heterocycles. The molecule has 1 atom stereocenters. The van der Waals surface area contributed by atoms with Gasteiger partial charge >= 0.3 is 5.97 Å². The highest BCUT2D eigenvalue weighted by Crippen LogP contribution is 2.38. The number of hydrogen-bond donors (Lipinski definition) is 2. The standard InChI is InChI=1S/C24H24N4O4S/c25-12-16-15-5-2-1-3-7-20(15)33-23(16)27-21(29)13-32-24(31)14-8-9-18-17(11-14)26-22(30)19-6-4-10-28(18)19/h8-9,11,19H,1-7,10,13H2,(H,26,30)(H,27,29)/t19-/m1/s1. The summed E-state index contributed by atoms with van der Waals surface area (Å²) in [6, 6.07) is 7.12. The highest BCUT2D eigenvalue weighted by molar-refractivity contribution is 7.16. The topological polar surface area (TPSA) is 112 Å². The average molecular weight is 465 g/mol. The fraction of sp³-hybridized carbons (Fsp3) is 0.417. The third-order valence-electron chi connectivity index (χ3n) is 6.48. The fourth-order valence-corrected chi connectivity index (χ4v) is 6.14. The Morgan fingerprint density at radius 1 is 1.24 bits per heavy atom. The SMILES string of the molecule is N#Cc1c(NC(=O)COC(=O)c2ccc3c(c2)NC(=O)[C@H]2CCCN32)sc2c1CCCCC2. The summed E-state index contributed by atoms with van der Waals surface area (Å²) in [6.07, 6.45) is 6.84. The van der Waals surface area contributed by atoms with Crippen molar-refractivity contribution in [1.29, 1.82) is 5.26 Å². The van der Waals surface area contributed by atoms with Crippen LogP contribution in [0.5, 0.6) is 0 Å². The van der Waals surface area contributed by atoms with E-state index in [4.69, 9.17) is 4.74 Å². The van der Waals surface area contributed by atoms with Crippen molar-refractivity contribution >= 4 is 45.5 Å². The number of benzene rings is 1. The molecule has 2 aromatic rings. The van der Waals surface area contributed by atoms with Crippen LogP contribution >= 0.6 is 11.3 Å². The summed E-state index contributed by atoms with van der Waals surface area (Å²) in [6.45, 7) is 0.357. The molecule has 1 aliphatic carbocycles. The minimum absolute atomic E-state index is 0.0625. The van der Waals surface area contributed by atoms with E-state index in [1.807, 2.05) is 6.07 Å². The number of thiophene rings is 1. The summed E-state index contributed by atoms with van der Waals surface area (Å²) in [7, 11) is 0. The van der Waals surface area contributed by atoms with Gasteiger partial charge in [0, 0.05) is 11.4 Å². The van der Waals surface area contributed by atoms with Gasteiger partial charge in [-0.05, 0) is 62.3 Å². The highest BCUT2D eigenvalue weighted by atomic mass is 32.1. The maximum Gasteiger partial charge on any atom is 0.338 e. The van der Waals surface area contributed by atoms with Gasteiger partial charge in [-0.2, -0.15) is 5.26 Å². The van der Waals surface area contributed by atoms with E-state index in [9.17, 15) is 19.6 Å². The molecule has 2 amide bonds. The average Bonchev–Trinajstić information content (AvgIpc) is 3.36. The van der Waals surface area contributed by atoms with Crippen molar-refractivity contribution in [2.24, 2.45) is 0 Å². The molecule has 0 bridgehead atoms. The van der Waals surface area contributed by atoms with E-state index in [1.165, 1.54) is 11.3 Å². The summed E-state index contributed by atoms with van der Waals surface area (Å²) in [5.74, 6) is -1.19. The van der Waals surface area contributed by atoms with E-state index in [0.717, 1.165) is 67.6 Å². The number of ether oxygens (including phenoxy) is 1. The van der Waals surface area contributed by atoms with Crippen molar-refractivity contribution in [3.8, 4) is 6.07 Å². The van der Waals surface area contributed by atoms with E-state index in [-0.39, 0.29) is 17.5 Å². The number of esters is 1. The second-order valence-corrected chi connectivity index (χ2v) is 9.68. The first-order valence-corrected chi connectivity index (χ1v) is 12.1. The number of carbonyl (C=O) groups excluding carboxylic acids is 3. The minimum Gasteiger partial charge on any atom is -0.452 e. The second kappa shape index (κ2) is 8.87. The molecule has 8 nitrogen and oxygen atoms in total. The van der Waals surface area contributed by atoms with Crippen LogP contribution in [-0.4, -0.2) is 37.0 Å². The number of fused-ring (bicyclic) bond motifs is 4. The summed E-state index contributed by atoms with van der Waals surface area (Å²) in [4.78, 5) is 40.5. The number of rotatable bonds is 4. The monoisotopic (exact) mass is 464 g/mol. The number of nitrogens with zero attached hydrogens (tertiary/aromatic N) is 2. The van der Waals surface area contributed by atoms with E-state index < -0.39 is 18.5 Å². The van der Waals surface area contributed by atoms with Crippen LogP contribution < -0.4 is 15.5 Å². The number of nitriles is 1. The molecule has 1 aromatic heterocycles. The molecule has 33 heavy (non-hydrogen) atoms. The zero-order valence-corrected chi connectivity index (χ0v) is 18.9. The summed E-state index contributed by atoms with van der Waals surface area (Å²) in [5.41, 5.74) is 3.31. The van der Waals surface area contributed by atoms with Gasteiger partial charge in [-0.25, -0.2) is 4.79 Å². The van der Waals surface area contributed by atoms with Crippen molar-refractivity contribution in [2.75, 3.05) is 28.7 Å². The zero-order chi connectivity index (χ0) is 22.9. The molecule has 0 spiro atoms. The number of nitrogens with one attached hydrogen (secondary N) is 2. The lowest BCUT2D eigenvalue weighted by Crippen LogP contribution is -2.43. The normalized spacial score (nSPS) is 18.8. The number of hydrogen-bond acceptors (Lipinski definition) is 7. The van der Waals surface area contributed by atoms with Crippen molar-refractivity contribution in [1.82, 2.24) is 0 Å². The van der Waals surface area contributed by atoms with Crippen molar-refractivity contribution in [3.63, 3.8) is 0 Å². The lowest BCUT2D eigenvalue weighted by molar-refractivity contribution is -0.119. The van der Waals surface area contributed by atoms with Crippen LogP contribution in [0.4, 0.5) is 16.4 Å². The van der Waals surface area contributed by atoms with E-state index in [1.54, 1.807) is 12.1 Å². The van der Waals surface area contributed by atoms with Gasteiger partial charge in [0.15, 0.2) is 6.61 Å². The number of anilines is 3. The predicted octanol–water partition coefficient (Wildman–Crippen LogP) is 3.61. The third kappa shape index (κ3) is 4.07. The first-order chi connectivity index (χ1) is 16.0. The fourth-order valence-electron chi connectivity index (χ4n) is 4.88. The van der Waals surface area contributed by atoms with Gasteiger partial charge in [0.1, 0.15) is 17.1 Å². The van der Waals surface area contributed by atoms with Crippen LogP contribution in [0.2, 0.25) is 0 Å². The van der Waals surface area contributed by atoms with Crippen LogP contribution in [0.25, 0.3) is 0 Å². The molecule has 3 heterocycles. The molecule has 1 fully saturated rings. The Balaban J connectivity index is 1.23. The molecule has 0 radical (unpaired) electrons. The Labute approximate surface area is 195 Å². The lowest BCUT2D eigenvalue weighted by atomic mass is 10.1. The van der Waals surface area contributed by atoms with Crippen LogP contribution in [-0.2, 0) is 27.2 Å². The van der Waals surface area contributed by atoms with Crippen molar-refractivity contribution in [2.45, 2.75) is 51.0 Å². The Morgan fingerprint density at radius 2 is 2.09 bits per heavy atom. The maximum absolute atomic E-state index is 12.5. The maximum atomic E-state index is 12.5. The first kappa shape index (κ1) is 21.5. The Hall–Kier alpha value is -3.38. The van der Waals surface area contributed by atoms with Crippen LogP contribution in [0.3, 0.4) is 0 Å². The van der Waals surface area contributed by atoms with Gasteiger partial charge in [0.05, 0.1) is 22.5 Å². The molecular weight excluding hydrogens is 440 g/mol. The van der Waals surface area contributed by atoms with Gasteiger partial charge in [-0.1, -0.05) is 6.42 Å². The molecule has 1 aromatic carbocycles. The molecule has 0 unspecified atom stereocenters. The Bertz CT molecular complexity index is 1180. The van der Waals surface area contributed by atoms with Crippen molar-refractivity contribution in [3.05, 3.63) is 39.8 Å². The molecule has 9 heteroatoms. The first-order valence-electron chi connectivity index (χ1n) is 11.3. The molecular formula is C24H24N4O4S. The number of aryl methyl sites for hydroxylation is 1. The van der Waals surface area contributed by atoms with Gasteiger partial charge in [0.25, 0.3) is 5.91 Å². The van der Waals surface area contributed by atoms with Crippen LogP contribution in [0, 0.1) is 11.3 Å². The summed E-state index contributed by atoms with van der Waals surface area (Å²) in [5, 5.41) is 15.7. The second-order valence-electron chi connectivity index (χ2n) is 8.58.